The SMILES string of the molecule is CC#CCCC(NCC)c1cc(Cl)cc(Cl)c1. The Morgan fingerprint density at radius 1 is 1.24 bits per heavy atom. The van der Waals surface area contributed by atoms with Crippen molar-refractivity contribution in [2.45, 2.75) is 32.7 Å². The lowest BCUT2D eigenvalue weighted by Gasteiger charge is -2.17. The van der Waals surface area contributed by atoms with E-state index in [1.54, 1.807) is 6.07 Å². The predicted octanol–water partition coefficient (Wildman–Crippen LogP) is 4.45. The summed E-state index contributed by atoms with van der Waals surface area (Å²) in [5.74, 6) is 5.99. The maximum absolute atomic E-state index is 6.02. The zero-order valence-corrected chi connectivity index (χ0v) is 11.7. The molecule has 1 N–H and O–H groups in total. The van der Waals surface area contributed by atoms with Crippen LogP contribution in [0.5, 0.6) is 0 Å². The van der Waals surface area contributed by atoms with E-state index in [4.69, 9.17) is 23.2 Å². The Morgan fingerprint density at radius 3 is 2.41 bits per heavy atom. The topological polar surface area (TPSA) is 12.0 Å². The Bertz CT molecular complexity index is 398. The molecule has 0 saturated carbocycles. The van der Waals surface area contributed by atoms with Gasteiger partial charge in [-0.1, -0.05) is 30.1 Å². The molecular weight excluding hydrogens is 253 g/mol. The van der Waals surface area contributed by atoms with E-state index in [0.717, 1.165) is 24.9 Å². The van der Waals surface area contributed by atoms with E-state index in [1.807, 2.05) is 19.1 Å². The Balaban J connectivity index is 2.82. The standard InChI is InChI=1S/C14H17Cl2N/c1-3-5-6-7-14(17-4-2)11-8-12(15)10-13(16)9-11/h8-10,14,17H,4,6-7H2,1-2H3. The molecule has 0 aliphatic heterocycles. The molecule has 0 fully saturated rings. The lowest BCUT2D eigenvalue weighted by Crippen LogP contribution is -2.20. The quantitative estimate of drug-likeness (QED) is 0.779. The molecule has 1 aromatic rings. The summed E-state index contributed by atoms with van der Waals surface area (Å²) < 4.78 is 0. The normalized spacial score (nSPS) is 11.8. The molecule has 0 heterocycles. The highest BCUT2D eigenvalue weighted by atomic mass is 35.5. The van der Waals surface area contributed by atoms with Gasteiger partial charge >= 0.3 is 0 Å². The molecule has 0 aromatic heterocycles. The fraction of sp³-hybridized carbons (Fsp3) is 0.429. The Hall–Kier alpha value is -0.680. The van der Waals surface area contributed by atoms with Gasteiger partial charge in [-0.15, -0.1) is 11.8 Å². The van der Waals surface area contributed by atoms with Gasteiger partial charge in [0.25, 0.3) is 0 Å². The van der Waals surface area contributed by atoms with Crippen molar-refractivity contribution in [3.8, 4) is 11.8 Å². The third-order valence-electron chi connectivity index (χ3n) is 2.47. The largest absolute Gasteiger partial charge is 0.310 e. The van der Waals surface area contributed by atoms with E-state index < -0.39 is 0 Å². The van der Waals surface area contributed by atoms with Crippen molar-refractivity contribution in [1.82, 2.24) is 5.32 Å². The zero-order valence-electron chi connectivity index (χ0n) is 10.2. The van der Waals surface area contributed by atoms with E-state index >= 15 is 0 Å². The molecule has 0 radical (unpaired) electrons. The first-order chi connectivity index (χ1) is 8.17. The number of rotatable bonds is 5. The fourth-order valence-electron chi connectivity index (χ4n) is 1.75. The molecule has 0 bridgehead atoms. The number of hydrogen-bond acceptors (Lipinski definition) is 1. The van der Waals surface area contributed by atoms with Crippen molar-refractivity contribution < 1.29 is 0 Å². The molecule has 0 saturated heterocycles. The lowest BCUT2D eigenvalue weighted by atomic mass is 10.0. The molecule has 92 valence electrons. The second-order valence-electron chi connectivity index (χ2n) is 3.78. The van der Waals surface area contributed by atoms with Crippen molar-refractivity contribution in [2.24, 2.45) is 0 Å². The average Bonchev–Trinajstić information content (AvgIpc) is 2.27. The minimum absolute atomic E-state index is 0.261. The maximum Gasteiger partial charge on any atom is 0.0424 e. The minimum atomic E-state index is 0.261. The van der Waals surface area contributed by atoms with Crippen LogP contribution in [0.25, 0.3) is 0 Å². The number of benzene rings is 1. The van der Waals surface area contributed by atoms with E-state index in [0.29, 0.717) is 10.0 Å². The summed E-state index contributed by atoms with van der Waals surface area (Å²) in [6.07, 6.45) is 1.84. The van der Waals surface area contributed by atoms with Crippen LogP contribution in [0, 0.1) is 11.8 Å². The van der Waals surface area contributed by atoms with Crippen LogP contribution in [0.4, 0.5) is 0 Å². The molecule has 1 rings (SSSR count). The van der Waals surface area contributed by atoms with E-state index in [2.05, 4.69) is 24.1 Å². The maximum atomic E-state index is 6.02. The molecule has 0 amide bonds. The molecule has 17 heavy (non-hydrogen) atoms. The van der Waals surface area contributed by atoms with E-state index in [-0.39, 0.29) is 6.04 Å². The van der Waals surface area contributed by atoms with Crippen molar-refractivity contribution >= 4 is 23.2 Å². The van der Waals surface area contributed by atoms with Gasteiger partial charge < -0.3 is 5.32 Å². The van der Waals surface area contributed by atoms with Crippen molar-refractivity contribution in [3.05, 3.63) is 33.8 Å². The monoisotopic (exact) mass is 269 g/mol. The van der Waals surface area contributed by atoms with Crippen LogP contribution >= 0.6 is 23.2 Å². The summed E-state index contributed by atoms with van der Waals surface area (Å²) in [7, 11) is 0. The predicted molar refractivity (Wildman–Crippen MR) is 75.6 cm³/mol. The van der Waals surface area contributed by atoms with Crippen LogP contribution in [0.15, 0.2) is 18.2 Å². The van der Waals surface area contributed by atoms with Crippen LogP contribution < -0.4 is 5.32 Å². The van der Waals surface area contributed by atoms with Gasteiger partial charge in [0.2, 0.25) is 0 Å². The van der Waals surface area contributed by atoms with Gasteiger partial charge in [-0.05, 0) is 43.7 Å². The van der Waals surface area contributed by atoms with Crippen LogP contribution in [0.1, 0.15) is 38.3 Å². The van der Waals surface area contributed by atoms with Crippen LogP contribution in [-0.2, 0) is 0 Å². The third kappa shape index (κ3) is 5.00. The summed E-state index contributed by atoms with van der Waals surface area (Å²) in [6, 6.07) is 5.93. The number of nitrogens with one attached hydrogen (secondary N) is 1. The van der Waals surface area contributed by atoms with Gasteiger partial charge in [-0.25, -0.2) is 0 Å². The molecule has 0 aliphatic carbocycles. The highest BCUT2D eigenvalue weighted by molar-refractivity contribution is 6.34. The van der Waals surface area contributed by atoms with Gasteiger partial charge in [0.1, 0.15) is 0 Å². The Morgan fingerprint density at radius 2 is 1.88 bits per heavy atom. The van der Waals surface area contributed by atoms with E-state index in [9.17, 15) is 0 Å². The average molecular weight is 270 g/mol. The second-order valence-corrected chi connectivity index (χ2v) is 4.65. The highest BCUT2D eigenvalue weighted by Crippen LogP contribution is 2.25. The van der Waals surface area contributed by atoms with Gasteiger partial charge in [-0.3, -0.25) is 0 Å². The fourth-order valence-corrected chi connectivity index (χ4v) is 2.29. The van der Waals surface area contributed by atoms with Crippen LogP contribution in [0.3, 0.4) is 0 Å². The Labute approximate surface area is 114 Å². The molecule has 1 nitrogen and oxygen atoms in total. The molecular formula is C14H17Cl2N. The van der Waals surface area contributed by atoms with E-state index in [1.165, 1.54) is 0 Å². The zero-order chi connectivity index (χ0) is 12.7. The smallest absolute Gasteiger partial charge is 0.0424 e. The molecule has 1 atom stereocenters. The first kappa shape index (κ1) is 14.4. The molecule has 0 spiro atoms. The first-order valence-electron chi connectivity index (χ1n) is 5.76. The molecule has 3 heteroatoms. The van der Waals surface area contributed by atoms with Crippen molar-refractivity contribution in [1.29, 1.82) is 0 Å². The highest BCUT2D eigenvalue weighted by Gasteiger charge is 2.10. The summed E-state index contributed by atoms with van der Waals surface area (Å²) >= 11 is 12.0. The summed E-state index contributed by atoms with van der Waals surface area (Å²) in [5.41, 5.74) is 1.13. The van der Waals surface area contributed by atoms with Crippen LogP contribution in [-0.4, -0.2) is 6.54 Å². The van der Waals surface area contributed by atoms with Gasteiger partial charge in [0.15, 0.2) is 0 Å². The summed E-state index contributed by atoms with van der Waals surface area (Å²) in [5, 5.41) is 4.78. The Kier molecular flexibility index (Phi) is 6.44. The number of hydrogen-bond donors (Lipinski definition) is 1. The van der Waals surface area contributed by atoms with Crippen LogP contribution in [0.2, 0.25) is 10.0 Å². The first-order valence-corrected chi connectivity index (χ1v) is 6.52. The molecule has 1 aromatic carbocycles. The van der Waals surface area contributed by atoms with Crippen molar-refractivity contribution in [3.63, 3.8) is 0 Å². The summed E-state index contributed by atoms with van der Waals surface area (Å²) in [6.45, 7) is 4.86. The van der Waals surface area contributed by atoms with Gasteiger partial charge in [-0.2, -0.15) is 0 Å². The lowest BCUT2D eigenvalue weighted by molar-refractivity contribution is 0.522. The number of halogens is 2. The van der Waals surface area contributed by atoms with Gasteiger partial charge in [0, 0.05) is 22.5 Å². The molecule has 0 aliphatic rings. The van der Waals surface area contributed by atoms with Gasteiger partial charge in [0.05, 0.1) is 0 Å². The van der Waals surface area contributed by atoms with Crippen molar-refractivity contribution in [2.75, 3.05) is 6.54 Å². The molecule has 1 unspecified atom stereocenters. The minimum Gasteiger partial charge on any atom is -0.310 e. The third-order valence-corrected chi connectivity index (χ3v) is 2.91. The second kappa shape index (κ2) is 7.61. The summed E-state index contributed by atoms with van der Waals surface area (Å²) in [4.78, 5) is 0.